The molecule has 3 nitrogen and oxygen atoms in total. The lowest BCUT2D eigenvalue weighted by Crippen LogP contribution is -2.47. The summed E-state index contributed by atoms with van der Waals surface area (Å²) in [6, 6.07) is 0.393. The molecule has 1 saturated carbocycles. The highest BCUT2D eigenvalue weighted by Crippen LogP contribution is 2.28. The van der Waals surface area contributed by atoms with Gasteiger partial charge in [0.1, 0.15) is 0 Å². The van der Waals surface area contributed by atoms with Gasteiger partial charge in [-0.05, 0) is 58.2 Å². The van der Waals surface area contributed by atoms with Crippen LogP contribution in [0, 0.1) is 11.8 Å². The summed E-state index contributed by atoms with van der Waals surface area (Å²) in [4.78, 5) is 4.84. The number of aliphatic hydroxyl groups excluding tert-OH is 1. The van der Waals surface area contributed by atoms with Gasteiger partial charge in [0, 0.05) is 19.1 Å². The van der Waals surface area contributed by atoms with Crippen LogP contribution in [0.5, 0.6) is 0 Å². The number of rotatable bonds is 3. The summed E-state index contributed by atoms with van der Waals surface area (Å²) in [5.41, 5.74) is 0. The average molecular weight is 240 g/mol. The van der Waals surface area contributed by atoms with Gasteiger partial charge >= 0.3 is 0 Å². The van der Waals surface area contributed by atoms with Crippen molar-refractivity contribution in [3.05, 3.63) is 0 Å². The van der Waals surface area contributed by atoms with Crippen LogP contribution >= 0.6 is 0 Å². The van der Waals surface area contributed by atoms with Crippen LogP contribution in [0.25, 0.3) is 0 Å². The summed E-state index contributed by atoms with van der Waals surface area (Å²) in [5.74, 6) is 1.58. The SMILES string of the molecule is CC1CCC(O)C(N(C)CC2CCN(C)C2)C1. The molecule has 1 N–H and O–H groups in total. The number of hydrogen-bond acceptors (Lipinski definition) is 3. The fraction of sp³-hybridized carbons (Fsp3) is 1.00. The fourth-order valence-corrected chi connectivity index (χ4v) is 3.53. The third-order valence-electron chi connectivity index (χ3n) is 4.64. The molecule has 0 aromatic heterocycles. The second-order valence-corrected chi connectivity index (χ2v) is 6.41. The van der Waals surface area contributed by atoms with E-state index >= 15 is 0 Å². The van der Waals surface area contributed by atoms with Crippen LogP contribution in [-0.2, 0) is 0 Å². The van der Waals surface area contributed by atoms with Crippen LogP contribution in [0.2, 0.25) is 0 Å². The van der Waals surface area contributed by atoms with Crippen molar-refractivity contribution in [2.75, 3.05) is 33.7 Å². The Bertz CT molecular complexity index is 246. The normalized spacial score (nSPS) is 40.1. The van der Waals surface area contributed by atoms with E-state index in [1.165, 1.54) is 32.4 Å². The third kappa shape index (κ3) is 3.43. The van der Waals surface area contributed by atoms with E-state index in [1.54, 1.807) is 0 Å². The highest BCUT2D eigenvalue weighted by Gasteiger charge is 2.31. The molecular weight excluding hydrogens is 212 g/mol. The van der Waals surface area contributed by atoms with Gasteiger partial charge in [-0.2, -0.15) is 0 Å². The summed E-state index contributed by atoms with van der Waals surface area (Å²) in [7, 11) is 4.40. The van der Waals surface area contributed by atoms with Crippen LogP contribution in [0.4, 0.5) is 0 Å². The summed E-state index contributed by atoms with van der Waals surface area (Å²) < 4.78 is 0. The van der Waals surface area contributed by atoms with E-state index in [2.05, 4.69) is 30.8 Å². The molecule has 4 atom stereocenters. The van der Waals surface area contributed by atoms with Crippen molar-refractivity contribution in [1.82, 2.24) is 9.80 Å². The summed E-state index contributed by atoms with van der Waals surface area (Å²) in [5, 5.41) is 10.1. The first-order chi connectivity index (χ1) is 8.06. The molecule has 0 bridgehead atoms. The zero-order valence-corrected chi connectivity index (χ0v) is 11.6. The minimum Gasteiger partial charge on any atom is -0.391 e. The molecule has 3 heteroatoms. The highest BCUT2D eigenvalue weighted by atomic mass is 16.3. The number of hydrogen-bond donors (Lipinski definition) is 1. The quantitative estimate of drug-likeness (QED) is 0.808. The van der Waals surface area contributed by atoms with E-state index in [0.29, 0.717) is 6.04 Å². The lowest BCUT2D eigenvalue weighted by atomic mass is 9.84. The van der Waals surface area contributed by atoms with E-state index in [0.717, 1.165) is 24.8 Å². The average Bonchev–Trinajstić information content (AvgIpc) is 2.67. The van der Waals surface area contributed by atoms with Crippen molar-refractivity contribution in [3.8, 4) is 0 Å². The Morgan fingerprint density at radius 3 is 2.71 bits per heavy atom. The Balaban J connectivity index is 1.83. The van der Waals surface area contributed by atoms with Gasteiger partial charge in [0.2, 0.25) is 0 Å². The second-order valence-electron chi connectivity index (χ2n) is 6.41. The van der Waals surface area contributed by atoms with Gasteiger partial charge in [-0.15, -0.1) is 0 Å². The molecule has 17 heavy (non-hydrogen) atoms. The van der Waals surface area contributed by atoms with Gasteiger partial charge < -0.3 is 14.9 Å². The molecule has 0 amide bonds. The molecule has 1 aliphatic carbocycles. The van der Waals surface area contributed by atoms with Crippen molar-refractivity contribution < 1.29 is 5.11 Å². The number of likely N-dealkylation sites (tertiary alicyclic amines) is 1. The molecule has 1 saturated heterocycles. The molecule has 2 rings (SSSR count). The van der Waals surface area contributed by atoms with Gasteiger partial charge in [-0.3, -0.25) is 0 Å². The molecule has 2 aliphatic rings. The largest absolute Gasteiger partial charge is 0.391 e. The highest BCUT2D eigenvalue weighted by molar-refractivity contribution is 4.86. The smallest absolute Gasteiger partial charge is 0.0695 e. The van der Waals surface area contributed by atoms with Crippen molar-refractivity contribution in [3.63, 3.8) is 0 Å². The zero-order chi connectivity index (χ0) is 12.4. The fourth-order valence-electron chi connectivity index (χ4n) is 3.53. The van der Waals surface area contributed by atoms with Crippen molar-refractivity contribution in [2.24, 2.45) is 11.8 Å². The minimum absolute atomic E-state index is 0.102. The maximum Gasteiger partial charge on any atom is 0.0695 e. The molecular formula is C14H28N2O. The van der Waals surface area contributed by atoms with Crippen molar-refractivity contribution >= 4 is 0 Å². The number of aliphatic hydroxyl groups is 1. The van der Waals surface area contributed by atoms with E-state index in [4.69, 9.17) is 0 Å². The predicted molar refractivity (Wildman–Crippen MR) is 71.0 cm³/mol. The van der Waals surface area contributed by atoms with Gasteiger partial charge in [0.25, 0.3) is 0 Å². The summed E-state index contributed by atoms with van der Waals surface area (Å²) >= 11 is 0. The van der Waals surface area contributed by atoms with Crippen LogP contribution in [0.1, 0.15) is 32.6 Å². The number of likely N-dealkylation sites (N-methyl/N-ethyl adjacent to an activating group) is 1. The Morgan fingerprint density at radius 1 is 1.29 bits per heavy atom. The van der Waals surface area contributed by atoms with Gasteiger partial charge in [0.05, 0.1) is 6.10 Å². The molecule has 0 spiro atoms. The maximum absolute atomic E-state index is 10.1. The summed E-state index contributed by atoms with van der Waals surface area (Å²) in [6.07, 6.45) is 4.56. The van der Waals surface area contributed by atoms with Gasteiger partial charge in [-0.1, -0.05) is 6.92 Å². The van der Waals surface area contributed by atoms with E-state index in [1.807, 2.05) is 0 Å². The van der Waals surface area contributed by atoms with Crippen LogP contribution in [0.15, 0.2) is 0 Å². The third-order valence-corrected chi connectivity index (χ3v) is 4.64. The van der Waals surface area contributed by atoms with Crippen LogP contribution in [-0.4, -0.2) is 60.8 Å². The lowest BCUT2D eigenvalue weighted by molar-refractivity contribution is 0.0119. The van der Waals surface area contributed by atoms with Crippen molar-refractivity contribution in [2.45, 2.75) is 44.8 Å². The Morgan fingerprint density at radius 2 is 2.06 bits per heavy atom. The molecule has 4 unspecified atom stereocenters. The second kappa shape index (κ2) is 5.68. The molecule has 0 aromatic carbocycles. The van der Waals surface area contributed by atoms with Crippen LogP contribution in [0.3, 0.4) is 0 Å². The predicted octanol–water partition coefficient (Wildman–Crippen LogP) is 1.42. The summed E-state index contributed by atoms with van der Waals surface area (Å²) in [6.45, 7) is 5.93. The molecule has 1 heterocycles. The number of nitrogens with zero attached hydrogens (tertiary/aromatic N) is 2. The first kappa shape index (κ1) is 13.3. The van der Waals surface area contributed by atoms with E-state index < -0.39 is 0 Å². The monoisotopic (exact) mass is 240 g/mol. The van der Waals surface area contributed by atoms with Crippen molar-refractivity contribution in [1.29, 1.82) is 0 Å². The van der Waals surface area contributed by atoms with E-state index in [-0.39, 0.29) is 6.10 Å². The molecule has 1 aliphatic heterocycles. The molecule has 100 valence electrons. The first-order valence-corrected chi connectivity index (χ1v) is 7.13. The van der Waals surface area contributed by atoms with Gasteiger partial charge in [-0.25, -0.2) is 0 Å². The zero-order valence-electron chi connectivity index (χ0n) is 11.6. The minimum atomic E-state index is -0.102. The molecule has 0 aromatic rings. The lowest BCUT2D eigenvalue weighted by Gasteiger charge is -2.38. The standard InChI is InChI=1S/C14H28N2O/c1-11-4-5-14(17)13(8-11)16(3)10-12-6-7-15(2)9-12/h11-14,17H,4-10H2,1-3H3. The van der Waals surface area contributed by atoms with Gasteiger partial charge in [0.15, 0.2) is 0 Å². The first-order valence-electron chi connectivity index (χ1n) is 7.13. The Kier molecular flexibility index (Phi) is 4.45. The van der Waals surface area contributed by atoms with Crippen LogP contribution < -0.4 is 0 Å². The maximum atomic E-state index is 10.1. The Hall–Kier alpha value is -0.120. The molecule has 2 fully saturated rings. The topological polar surface area (TPSA) is 26.7 Å². The van der Waals surface area contributed by atoms with E-state index in [9.17, 15) is 5.11 Å². The molecule has 0 radical (unpaired) electrons. The Labute approximate surface area is 106 Å².